The molecule has 0 saturated heterocycles. The fourth-order valence-corrected chi connectivity index (χ4v) is 2.16. The second kappa shape index (κ2) is 5.24. The van der Waals surface area contributed by atoms with E-state index in [2.05, 4.69) is 15.3 Å². The fraction of sp³-hybridized carbons (Fsp3) is 0.286. The van der Waals surface area contributed by atoms with Gasteiger partial charge >= 0.3 is 5.69 Å². The largest absolute Gasteiger partial charge is 0.357 e. The Morgan fingerprint density at radius 2 is 1.90 bits per heavy atom. The van der Waals surface area contributed by atoms with Crippen molar-refractivity contribution in [3.8, 4) is 11.3 Å². The van der Waals surface area contributed by atoms with E-state index < -0.39 is 4.92 Å². The molecule has 2 rings (SSSR count). The van der Waals surface area contributed by atoms with Crippen molar-refractivity contribution < 1.29 is 4.92 Å². The summed E-state index contributed by atoms with van der Waals surface area (Å²) in [7, 11) is 1.69. The van der Waals surface area contributed by atoms with Gasteiger partial charge in [0.15, 0.2) is 5.69 Å². The minimum atomic E-state index is -0.427. The molecule has 0 aliphatic heterocycles. The first-order chi connectivity index (χ1) is 9.43. The number of rotatable bonds is 3. The number of hydrogen-bond acceptors (Lipinski definition) is 5. The molecule has 0 aliphatic carbocycles. The van der Waals surface area contributed by atoms with Crippen molar-refractivity contribution in [3.05, 3.63) is 45.1 Å². The van der Waals surface area contributed by atoms with E-state index in [9.17, 15) is 10.1 Å². The molecule has 0 spiro atoms. The maximum atomic E-state index is 11.3. The number of nitrogens with one attached hydrogen (secondary N) is 1. The number of benzene rings is 1. The Labute approximate surface area is 117 Å². The predicted octanol–water partition coefficient (Wildman–Crippen LogP) is 3.02. The SMILES string of the molecule is CNc1nc(C)c([N+](=O)[O-])c(-c2ccc(C)cc2C)n1. The van der Waals surface area contributed by atoms with Crippen molar-refractivity contribution >= 4 is 11.6 Å². The lowest BCUT2D eigenvalue weighted by Crippen LogP contribution is -2.05. The Kier molecular flexibility index (Phi) is 3.65. The highest BCUT2D eigenvalue weighted by Gasteiger charge is 2.23. The number of anilines is 1. The van der Waals surface area contributed by atoms with Gasteiger partial charge < -0.3 is 5.32 Å². The summed E-state index contributed by atoms with van der Waals surface area (Å²) in [5.41, 5.74) is 3.47. The van der Waals surface area contributed by atoms with E-state index in [-0.39, 0.29) is 5.69 Å². The van der Waals surface area contributed by atoms with Crippen LogP contribution in [0.2, 0.25) is 0 Å². The summed E-state index contributed by atoms with van der Waals surface area (Å²) in [5, 5.41) is 14.1. The highest BCUT2D eigenvalue weighted by atomic mass is 16.6. The molecular weight excluding hydrogens is 256 g/mol. The summed E-state index contributed by atoms with van der Waals surface area (Å²) in [4.78, 5) is 19.2. The Morgan fingerprint density at radius 1 is 1.20 bits per heavy atom. The van der Waals surface area contributed by atoms with E-state index in [1.54, 1.807) is 14.0 Å². The van der Waals surface area contributed by atoms with Gasteiger partial charge in [0, 0.05) is 12.6 Å². The monoisotopic (exact) mass is 272 g/mol. The van der Waals surface area contributed by atoms with Crippen molar-refractivity contribution in [3.63, 3.8) is 0 Å². The fourth-order valence-electron chi connectivity index (χ4n) is 2.16. The van der Waals surface area contributed by atoms with Crippen molar-refractivity contribution in [1.82, 2.24) is 9.97 Å². The minimum absolute atomic E-state index is 0.0454. The summed E-state index contributed by atoms with van der Waals surface area (Å²) < 4.78 is 0. The van der Waals surface area contributed by atoms with Gasteiger partial charge in [-0.1, -0.05) is 23.8 Å². The summed E-state index contributed by atoms with van der Waals surface area (Å²) >= 11 is 0. The molecule has 6 heteroatoms. The zero-order valence-electron chi connectivity index (χ0n) is 11.9. The third-order valence-electron chi connectivity index (χ3n) is 3.10. The Bertz CT molecular complexity index is 683. The lowest BCUT2D eigenvalue weighted by atomic mass is 10.0. The van der Waals surface area contributed by atoms with Crippen LogP contribution in [0.1, 0.15) is 16.8 Å². The van der Waals surface area contributed by atoms with E-state index >= 15 is 0 Å². The van der Waals surface area contributed by atoms with Crippen LogP contribution in [-0.4, -0.2) is 21.9 Å². The molecule has 1 aromatic carbocycles. The van der Waals surface area contributed by atoms with Crippen molar-refractivity contribution in [1.29, 1.82) is 0 Å². The zero-order chi connectivity index (χ0) is 14.9. The number of aryl methyl sites for hydroxylation is 3. The summed E-state index contributed by atoms with van der Waals surface area (Å²) in [6.07, 6.45) is 0. The van der Waals surface area contributed by atoms with Gasteiger partial charge in [0.2, 0.25) is 5.95 Å². The van der Waals surface area contributed by atoms with E-state index in [0.29, 0.717) is 17.3 Å². The van der Waals surface area contributed by atoms with Crippen molar-refractivity contribution in [2.75, 3.05) is 12.4 Å². The van der Waals surface area contributed by atoms with Crippen LogP contribution in [-0.2, 0) is 0 Å². The maximum Gasteiger partial charge on any atom is 0.316 e. The average Bonchev–Trinajstić information content (AvgIpc) is 2.37. The van der Waals surface area contributed by atoms with Gasteiger partial charge in [-0.25, -0.2) is 9.97 Å². The van der Waals surface area contributed by atoms with E-state index in [1.165, 1.54) is 0 Å². The van der Waals surface area contributed by atoms with Crippen LogP contribution >= 0.6 is 0 Å². The third kappa shape index (κ3) is 2.45. The van der Waals surface area contributed by atoms with Gasteiger partial charge in [-0.05, 0) is 26.3 Å². The molecule has 0 bridgehead atoms. The third-order valence-corrected chi connectivity index (χ3v) is 3.10. The molecule has 0 fully saturated rings. The van der Waals surface area contributed by atoms with E-state index in [4.69, 9.17) is 0 Å². The van der Waals surface area contributed by atoms with Gasteiger partial charge in [0.25, 0.3) is 0 Å². The molecule has 0 amide bonds. The minimum Gasteiger partial charge on any atom is -0.357 e. The lowest BCUT2D eigenvalue weighted by Gasteiger charge is -2.10. The lowest BCUT2D eigenvalue weighted by molar-refractivity contribution is -0.385. The highest BCUT2D eigenvalue weighted by Crippen LogP contribution is 2.33. The quantitative estimate of drug-likeness (QED) is 0.686. The predicted molar refractivity (Wildman–Crippen MR) is 77.9 cm³/mol. The van der Waals surface area contributed by atoms with Crippen LogP contribution < -0.4 is 5.32 Å². The van der Waals surface area contributed by atoms with E-state index in [0.717, 1.165) is 16.7 Å². The molecule has 20 heavy (non-hydrogen) atoms. The van der Waals surface area contributed by atoms with Crippen LogP contribution in [0.15, 0.2) is 18.2 Å². The molecule has 0 radical (unpaired) electrons. The average molecular weight is 272 g/mol. The highest BCUT2D eigenvalue weighted by molar-refractivity contribution is 5.74. The second-order valence-electron chi connectivity index (χ2n) is 4.66. The molecule has 2 aromatic rings. The summed E-state index contributed by atoms with van der Waals surface area (Å²) in [6, 6.07) is 5.76. The van der Waals surface area contributed by atoms with Crippen LogP contribution in [0.4, 0.5) is 11.6 Å². The van der Waals surface area contributed by atoms with E-state index in [1.807, 2.05) is 32.0 Å². The molecule has 0 aliphatic rings. The van der Waals surface area contributed by atoms with Gasteiger partial charge in [0.05, 0.1) is 4.92 Å². The number of aromatic nitrogens is 2. The molecule has 104 valence electrons. The van der Waals surface area contributed by atoms with Crippen LogP contribution in [0.25, 0.3) is 11.3 Å². The Hall–Kier alpha value is -2.50. The summed E-state index contributed by atoms with van der Waals surface area (Å²) in [6.45, 7) is 5.52. The van der Waals surface area contributed by atoms with Gasteiger partial charge in [-0.3, -0.25) is 10.1 Å². The number of hydrogen-bond donors (Lipinski definition) is 1. The first-order valence-electron chi connectivity index (χ1n) is 6.22. The molecule has 0 atom stereocenters. The number of nitro groups is 1. The normalized spacial score (nSPS) is 10.4. The smallest absolute Gasteiger partial charge is 0.316 e. The van der Waals surface area contributed by atoms with Gasteiger partial charge in [0.1, 0.15) is 5.69 Å². The second-order valence-corrected chi connectivity index (χ2v) is 4.66. The number of nitrogens with zero attached hydrogens (tertiary/aromatic N) is 3. The Balaban J connectivity index is 2.76. The maximum absolute atomic E-state index is 11.3. The van der Waals surface area contributed by atoms with Crippen molar-refractivity contribution in [2.24, 2.45) is 0 Å². The first kappa shape index (κ1) is 13.9. The summed E-state index contributed by atoms with van der Waals surface area (Å²) in [5.74, 6) is 0.378. The molecule has 1 aromatic heterocycles. The topological polar surface area (TPSA) is 81.0 Å². The van der Waals surface area contributed by atoms with Gasteiger partial charge in [-0.2, -0.15) is 0 Å². The molecule has 1 N–H and O–H groups in total. The molecule has 0 unspecified atom stereocenters. The Morgan fingerprint density at radius 3 is 2.45 bits per heavy atom. The van der Waals surface area contributed by atoms with Crippen LogP contribution in [0, 0.1) is 30.9 Å². The van der Waals surface area contributed by atoms with Crippen molar-refractivity contribution in [2.45, 2.75) is 20.8 Å². The van der Waals surface area contributed by atoms with Gasteiger partial charge in [-0.15, -0.1) is 0 Å². The molecule has 6 nitrogen and oxygen atoms in total. The van der Waals surface area contributed by atoms with Crippen LogP contribution in [0.5, 0.6) is 0 Å². The van der Waals surface area contributed by atoms with Crippen LogP contribution in [0.3, 0.4) is 0 Å². The molecule has 0 saturated carbocycles. The first-order valence-corrected chi connectivity index (χ1v) is 6.22. The molecule has 1 heterocycles. The standard InChI is InChI=1S/C14H16N4O2/c1-8-5-6-11(9(2)7-8)12-13(18(19)20)10(3)16-14(15-4)17-12/h5-7H,1-4H3,(H,15,16,17). The molecular formula is C14H16N4O2. The zero-order valence-corrected chi connectivity index (χ0v) is 11.9.